The first-order chi connectivity index (χ1) is 13.0. The Kier molecular flexibility index (Phi) is 4.86. The first-order valence-electron chi connectivity index (χ1n) is 9.04. The average Bonchev–Trinajstić information content (AvgIpc) is 3.31. The number of imidazole rings is 1. The second-order valence-electron chi connectivity index (χ2n) is 6.81. The number of benzene rings is 2. The highest BCUT2D eigenvalue weighted by Gasteiger charge is 2.25. The summed E-state index contributed by atoms with van der Waals surface area (Å²) in [5, 5.41) is 0. The molecule has 1 atom stereocenters. The maximum absolute atomic E-state index is 12.8. The Labute approximate surface area is 157 Å². The molecule has 2 aromatic carbocycles. The standard InChI is InChI=1S/C19H22N4O3S/c24-19-21-16-9-8-15(12-17(16)22-19)27(25,26)20-13-18(23-10-4-5-11-23)14-6-2-1-3-7-14/h1-3,6-9,12,18,20H,4-5,10-11,13H2,(H2,21,22,24). The number of hydrogen-bond acceptors (Lipinski definition) is 4. The molecule has 1 aliphatic rings. The smallest absolute Gasteiger partial charge is 0.306 e. The van der Waals surface area contributed by atoms with Gasteiger partial charge in [0, 0.05) is 12.6 Å². The van der Waals surface area contributed by atoms with Crippen molar-refractivity contribution in [2.75, 3.05) is 19.6 Å². The van der Waals surface area contributed by atoms with Gasteiger partial charge in [-0.05, 0) is 49.7 Å². The maximum atomic E-state index is 12.8. The molecule has 0 saturated carbocycles. The van der Waals surface area contributed by atoms with Crippen LogP contribution in [0.3, 0.4) is 0 Å². The number of sulfonamides is 1. The number of nitrogens with zero attached hydrogens (tertiary/aromatic N) is 1. The number of rotatable bonds is 6. The molecule has 3 aromatic rings. The Morgan fingerprint density at radius 1 is 1.00 bits per heavy atom. The van der Waals surface area contributed by atoms with Crippen LogP contribution in [0.15, 0.2) is 58.2 Å². The van der Waals surface area contributed by atoms with E-state index in [0.717, 1.165) is 31.5 Å². The summed E-state index contributed by atoms with van der Waals surface area (Å²) in [6, 6.07) is 14.6. The predicted octanol–water partition coefficient (Wildman–Crippen LogP) is 1.97. The molecule has 4 rings (SSSR count). The molecule has 1 fully saturated rings. The number of hydrogen-bond donors (Lipinski definition) is 3. The van der Waals surface area contributed by atoms with E-state index >= 15 is 0 Å². The van der Waals surface area contributed by atoms with Crippen LogP contribution in [0, 0.1) is 0 Å². The van der Waals surface area contributed by atoms with Crippen molar-refractivity contribution in [3.63, 3.8) is 0 Å². The molecule has 8 heteroatoms. The van der Waals surface area contributed by atoms with Gasteiger partial charge in [0.2, 0.25) is 10.0 Å². The van der Waals surface area contributed by atoms with E-state index in [0.29, 0.717) is 17.6 Å². The van der Waals surface area contributed by atoms with Crippen LogP contribution in [0.25, 0.3) is 11.0 Å². The van der Waals surface area contributed by atoms with Crippen molar-refractivity contribution in [1.29, 1.82) is 0 Å². The molecular formula is C19H22N4O3S. The zero-order valence-corrected chi connectivity index (χ0v) is 15.6. The highest BCUT2D eigenvalue weighted by Crippen LogP contribution is 2.25. The summed E-state index contributed by atoms with van der Waals surface area (Å²) in [5.41, 5.74) is 1.80. The van der Waals surface area contributed by atoms with Crippen LogP contribution in [-0.2, 0) is 10.0 Å². The number of aromatic nitrogens is 2. The quantitative estimate of drug-likeness (QED) is 0.603. The Morgan fingerprint density at radius 3 is 2.44 bits per heavy atom. The van der Waals surface area contributed by atoms with Crippen molar-refractivity contribution in [1.82, 2.24) is 19.6 Å². The van der Waals surface area contributed by atoms with Crippen molar-refractivity contribution < 1.29 is 8.42 Å². The minimum atomic E-state index is -3.69. The number of fused-ring (bicyclic) bond motifs is 1. The topological polar surface area (TPSA) is 98.1 Å². The van der Waals surface area contributed by atoms with Gasteiger partial charge < -0.3 is 9.97 Å². The number of likely N-dealkylation sites (tertiary alicyclic amines) is 1. The van der Waals surface area contributed by atoms with Gasteiger partial charge in [0.15, 0.2) is 0 Å². The van der Waals surface area contributed by atoms with Crippen LogP contribution < -0.4 is 10.4 Å². The zero-order chi connectivity index (χ0) is 18.9. The molecule has 142 valence electrons. The van der Waals surface area contributed by atoms with Gasteiger partial charge in [0.25, 0.3) is 0 Å². The van der Waals surface area contributed by atoms with Crippen LogP contribution in [0.5, 0.6) is 0 Å². The van der Waals surface area contributed by atoms with Gasteiger partial charge in [-0.1, -0.05) is 30.3 Å². The molecule has 1 aromatic heterocycles. The summed E-state index contributed by atoms with van der Waals surface area (Å²) in [5.74, 6) is 0. The Morgan fingerprint density at radius 2 is 1.70 bits per heavy atom. The Balaban J connectivity index is 1.57. The average molecular weight is 386 g/mol. The van der Waals surface area contributed by atoms with E-state index < -0.39 is 10.0 Å². The third-order valence-corrected chi connectivity index (χ3v) is 6.45. The lowest BCUT2D eigenvalue weighted by Gasteiger charge is -2.28. The van der Waals surface area contributed by atoms with Gasteiger partial charge in [-0.15, -0.1) is 0 Å². The second-order valence-corrected chi connectivity index (χ2v) is 8.57. The van der Waals surface area contributed by atoms with Gasteiger partial charge in [0.1, 0.15) is 0 Å². The lowest BCUT2D eigenvalue weighted by Crippen LogP contribution is -2.36. The van der Waals surface area contributed by atoms with Crippen LogP contribution in [0.4, 0.5) is 0 Å². The Hall–Kier alpha value is -2.42. The molecule has 2 heterocycles. The van der Waals surface area contributed by atoms with Gasteiger partial charge in [0.05, 0.1) is 15.9 Å². The third-order valence-electron chi connectivity index (χ3n) is 5.03. The zero-order valence-electron chi connectivity index (χ0n) is 14.8. The van der Waals surface area contributed by atoms with E-state index in [1.807, 2.05) is 30.3 Å². The SMILES string of the molecule is O=c1[nH]c2ccc(S(=O)(=O)NCC(c3ccccc3)N3CCCC3)cc2[nH]1. The molecule has 0 spiro atoms. The summed E-state index contributed by atoms with van der Waals surface area (Å²) in [6.07, 6.45) is 2.27. The first-order valence-corrected chi connectivity index (χ1v) is 10.5. The van der Waals surface area contributed by atoms with E-state index in [-0.39, 0.29) is 16.6 Å². The number of nitrogens with one attached hydrogen (secondary N) is 3. The summed E-state index contributed by atoms with van der Waals surface area (Å²) in [4.78, 5) is 19.1. The van der Waals surface area contributed by atoms with E-state index in [9.17, 15) is 13.2 Å². The normalized spacial score (nSPS) is 16.7. The highest BCUT2D eigenvalue weighted by atomic mass is 32.2. The molecule has 0 radical (unpaired) electrons. The monoisotopic (exact) mass is 386 g/mol. The minimum Gasteiger partial charge on any atom is -0.306 e. The van der Waals surface area contributed by atoms with E-state index in [4.69, 9.17) is 0 Å². The number of aromatic amines is 2. The van der Waals surface area contributed by atoms with Crippen molar-refractivity contribution in [2.45, 2.75) is 23.8 Å². The predicted molar refractivity (Wildman–Crippen MR) is 104 cm³/mol. The second kappa shape index (κ2) is 7.30. The summed E-state index contributed by atoms with van der Waals surface area (Å²) < 4.78 is 28.4. The molecule has 1 unspecified atom stereocenters. The van der Waals surface area contributed by atoms with Crippen LogP contribution in [-0.4, -0.2) is 42.9 Å². The lowest BCUT2D eigenvalue weighted by atomic mass is 10.1. The number of H-pyrrole nitrogens is 2. The van der Waals surface area contributed by atoms with Crippen molar-refractivity contribution in [3.05, 3.63) is 64.6 Å². The molecule has 7 nitrogen and oxygen atoms in total. The van der Waals surface area contributed by atoms with Gasteiger partial charge in [-0.2, -0.15) is 0 Å². The molecule has 0 bridgehead atoms. The molecule has 0 aliphatic carbocycles. The van der Waals surface area contributed by atoms with Gasteiger partial charge in [-0.25, -0.2) is 17.9 Å². The minimum absolute atomic E-state index is 0.000674. The molecule has 0 amide bonds. The highest BCUT2D eigenvalue weighted by molar-refractivity contribution is 7.89. The van der Waals surface area contributed by atoms with E-state index in [1.165, 1.54) is 12.1 Å². The first kappa shape index (κ1) is 18.0. The van der Waals surface area contributed by atoms with E-state index in [2.05, 4.69) is 19.6 Å². The third kappa shape index (κ3) is 3.83. The molecule has 1 saturated heterocycles. The van der Waals surface area contributed by atoms with Crippen LogP contribution >= 0.6 is 0 Å². The summed E-state index contributed by atoms with van der Waals surface area (Å²) in [7, 11) is -3.69. The van der Waals surface area contributed by atoms with E-state index in [1.54, 1.807) is 6.07 Å². The molecular weight excluding hydrogens is 364 g/mol. The molecule has 1 aliphatic heterocycles. The molecule has 3 N–H and O–H groups in total. The van der Waals surface area contributed by atoms with Gasteiger partial charge in [-0.3, -0.25) is 4.90 Å². The van der Waals surface area contributed by atoms with Crippen LogP contribution in [0.2, 0.25) is 0 Å². The molecule has 27 heavy (non-hydrogen) atoms. The summed E-state index contributed by atoms with van der Waals surface area (Å²) >= 11 is 0. The van der Waals surface area contributed by atoms with Gasteiger partial charge >= 0.3 is 5.69 Å². The van der Waals surface area contributed by atoms with Crippen LogP contribution in [0.1, 0.15) is 24.4 Å². The maximum Gasteiger partial charge on any atom is 0.323 e. The van der Waals surface area contributed by atoms with Crippen molar-refractivity contribution in [3.8, 4) is 0 Å². The summed E-state index contributed by atoms with van der Waals surface area (Å²) in [6.45, 7) is 2.24. The lowest BCUT2D eigenvalue weighted by molar-refractivity contribution is 0.246. The fourth-order valence-electron chi connectivity index (χ4n) is 3.64. The fourth-order valence-corrected chi connectivity index (χ4v) is 4.70. The largest absolute Gasteiger partial charge is 0.323 e. The Bertz CT molecular complexity index is 1080. The fraction of sp³-hybridized carbons (Fsp3) is 0.316. The van der Waals surface area contributed by atoms with Crippen molar-refractivity contribution >= 4 is 21.1 Å². The van der Waals surface area contributed by atoms with Crippen molar-refractivity contribution in [2.24, 2.45) is 0 Å².